The number of aryl methyl sites for hydroxylation is 1. The summed E-state index contributed by atoms with van der Waals surface area (Å²) in [5.74, 6) is 0.702. The molecule has 2 N–H and O–H groups in total. The molecule has 0 bridgehead atoms. The molecular formula is C12H22N4. The minimum Gasteiger partial charge on any atom is -0.330 e. The number of nitrogens with zero attached hydrogens (tertiary/aromatic N) is 3. The van der Waals surface area contributed by atoms with E-state index in [-0.39, 0.29) is 0 Å². The van der Waals surface area contributed by atoms with Crippen molar-refractivity contribution in [2.24, 2.45) is 5.73 Å². The van der Waals surface area contributed by atoms with Crippen molar-refractivity contribution in [3.8, 4) is 0 Å². The van der Waals surface area contributed by atoms with Gasteiger partial charge in [-0.05, 0) is 25.8 Å². The lowest BCUT2D eigenvalue weighted by molar-refractivity contribution is 0.382. The second-order valence-electron chi connectivity index (χ2n) is 4.66. The van der Waals surface area contributed by atoms with Crippen LogP contribution in [0.15, 0.2) is 0 Å². The van der Waals surface area contributed by atoms with E-state index in [9.17, 15) is 0 Å². The first-order chi connectivity index (χ1) is 7.86. The Morgan fingerprint density at radius 1 is 1.44 bits per heavy atom. The van der Waals surface area contributed by atoms with Crippen molar-refractivity contribution in [1.29, 1.82) is 0 Å². The summed E-state index contributed by atoms with van der Waals surface area (Å²) in [6.07, 6.45) is 7.22. The topological polar surface area (TPSA) is 56.7 Å². The minimum atomic E-state index is 0.673. The van der Waals surface area contributed by atoms with E-state index in [1.54, 1.807) is 0 Å². The van der Waals surface area contributed by atoms with Gasteiger partial charge in [0.05, 0.1) is 11.4 Å². The average molecular weight is 222 g/mol. The molecule has 1 aromatic heterocycles. The molecule has 0 amide bonds. The lowest BCUT2D eigenvalue weighted by atomic mass is 9.81. The third-order valence-electron chi connectivity index (χ3n) is 3.44. The summed E-state index contributed by atoms with van der Waals surface area (Å²) in [5, 5.41) is 8.58. The minimum absolute atomic E-state index is 0.673. The smallest absolute Gasteiger partial charge is 0.0874 e. The number of hydrogen-bond acceptors (Lipinski definition) is 3. The van der Waals surface area contributed by atoms with E-state index >= 15 is 0 Å². The Morgan fingerprint density at radius 3 is 2.81 bits per heavy atom. The van der Waals surface area contributed by atoms with E-state index in [1.807, 2.05) is 0 Å². The van der Waals surface area contributed by atoms with Crippen molar-refractivity contribution in [2.75, 3.05) is 6.54 Å². The molecule has 16 heavy (non-hydrogen) atoms. The second-order valence-corrected chi connectivity index (χ2v) is 4.66. The molecule has 4 nitrogen and oxygen atoms in total. The Kier molecular flexibility index (Phi) is 3.93. The van der Waals surface area contributed by atoms with Crippen molar-refractivity contribution in [1.82, 2.24) is 15.0 Å². The highest BCUT2D eigenvalue weighted by molar-refractivity contribution is 5.18. The Balaban J connectivity index is 2.15. The first-order valence-electron chi connectivity index (χ1n) is 6.49. The molecule has 0 atom stereocenters. The fourth-order valence-corrected chi connectivity index (χ4v) is 2.27. The quantitative estimate of drug-likeness (QED) is 0.799. The molecule has 90 valence electrons. The van der Waals surface area contributed by atoms with Crippen molar-refractivity contribution < 1.29 is 0 Å². The van der Waals surface area contributed by atoms with Gasteiger partial charge in [0.2, 0.25) is 0 Å². The molecule has 0 unspecified atom stereocenters. The van der Waals surface area contributed by atoms with Gasteiger partial charge >= 0.3 is 0 Å². The molecule has 4 heteroatoms. The van der Waals surface area contributed by atoms with Gasteiger partial charge in [0, 0.05) is 18.9 Å². The Hall–Kier alpha value is -0.900. The summed E-state index contributed by atoms with van der Waals surface area (Å²) in [4.78, 5) is 0. The van der Waals surface area contributed by atoms with Gasteiger partial charge in [0.15, 0.2) is 0 Å². The molecule has 1 aromatic rings. The number of unbranched alkanes of at least 4 members (excludes halogenated alkanes) is 1. The first-order valence-corrected chi connectivity index (χ1v) is 6.49. The second kappa shape index (κ2) is 5.43. The van der Waals surface area contributed by atoms with Crippen LogP contribution < -0.4 is 5.73 Å². The fourth-order valence-electron chi connectivity index (χ4n) is 2.27. The van der Waals surface area contributed by atoms with Gasteiger partial charge in [-0.3, -0.25) is 0 Å². The lowest BCUT2D eigenvalue weighted by Gasteiger charge is -2.26. The number of nitrogens with two attached hydrogens (primary N) is 1. The average Bonchev–Trinajstić information content (AvgIpc) is 2.58. The summed E-state index contributed by atoms with van der Waals surface area (Å²) >= 11 is 0. The van der Waals surface area contributed by atoms with E-state index in [0.29, 0.717) is 12.5 Å². The third-order valence-corrected chi connectivity index (χ3v) is 3.44. The van der Waals surface area contributed by atoms with Gasteiger partial charge in [0.25, 0.3) is 0 Å². The normalized spacial score (nSPS) is 16.4. The molecule has 0 radical (unpaired) electrons. The maximum absolute atomic E-state index is 5.62. The number of rotatable bonds is 6. The van der Waals surface area contributed by atoms with Crippen molar-refractivity contribution in [3.63, 3.8) is 0 Å². The molecule has 2 rings (SSSR count). The zero-order valence-corrected chi connectivity index (χ0v) is 10.2. The van der Waals surface area contributed by atoms with Crippen LogP contribution in [-0.4, -0.2) is 21.5 Å². The van der Waals surface area contributed by atoms with Crippen LogP contribution in [-0.2, 0) is 13.0 Å². The highest BCUT2D eigenvalue weighted by atomic mass is 15.4. The highest BCUT2D eigenvalue weighted by Crippen LogP contribution is 2.37. The summed E-state index contributed by atoms with van der Waals surface area (Å²) in [6, 6.07) is 0. The summed E-state index contributed by atoms with van der Waals surface area (Å²) < 4.78 is 2.12. The maximum atomic E-state index is 5.62. The fraction of sp³-hybridized carbons (Fsp3) is 0.833. The van der Waals surface area contributed by atoms with Gasteiger partial charge in [-0.2, -0.15) is 0 Å². The van der Waals surface area contributed by atoms with Crippen LogP contribution in [0, 0.1) is 0 Å². The van der Waals surface area contributed by atoms with E-state index in [0.717, 1.165) is 18.7 Å². The zero-order valence-electron chi connectivity index (χ0n) is 10.2. The number of hydrogen-bond donors (Lipinski definition) is 1. The molecule has 0 aromatic carbocycles. The standard InChI is InChI=1S/C12H22N4/c1-2-3-9-16-12(10-5-4-6-10)11(7-8-13)14-15-16/h10H,2-9,13H2,1H3. The molecule has 1 saturated carbocycles. The molecule has 1 fully saturated rings. The van der Waals surface area contributed by atoms with Crippen molar-refractivity contribution >= 4 is 0 Å². The van der Waals surface area contributed by atoms with Gasteiger partial charge in [-0.25, -0.2) is 4.68 Å². The van der Waals surface area contributed by atoms with E-state index in [4.69, 9.17) is 5.73 Å². The van der Waals surface area contributed by atoms with Crippen LogP contribution in [0.1, 0.15) is 56.3 Å². The van der Waals surface area contributed by atoms with Crippen LogP contribution in [0.25, 0.3) is 0 Å². The van der Waals surface area contributed by atoms with Crippen LogP contribution in [0.3, 0.4) is 0 Å². The highest BCUT2D eigenvalue weighted by Gasteiger charge is 2.26. The molecule has 0 saturated heterocycles. The summed E-state index contributed by atoms with van der Waals surface area (Å²) in [7, 11) is 0. The van der Waals surface area contributed by atoms with Crippen molar-refractivity contribution in [3.05, 3.63) is 11.4 Å². The first kappa shape index (κ1) is 11.6. The number of aromatic nitrogens is 3. The molecule has 0 spiro atoms. The van der Waals surface area contributed by atoms with Crippen LogP contribution in [0.5, 0.6) is 0 Å². The molecule has 1 aliphatic carbocycles. The van der Waals surface area contributed by atoms with Crippen LogP contribution >= 0.6 is 0 Å². The SMILES string of the molecule is CCCCn1nnc(CCN)c1C1CCC1. The predicted molar refractivity (Wildman–Crippen MR) is 64.3 cm³/mol. The molecule has 1 aliphatic rings. The summed E-state index contributed by atoms with van der Waals surface area (Å²) in [6.45, 7) is 3.90. The van der Waals surface area contributed by atoms with Gasteiger partial charge in [-0.15, -0.1) is 5.10 Å². The Morgan fingerprint density at radius 2 is 2.25 bits per heavy atom. The third kappa shape index (κ3) is 2.26. The van der Waals surface area contributed by atoms with Gasteiger partial charge in [-0.1, -0.05) is 25.0 Å². The molecule has 0 aliphatic heterocycles. The van der Waals surface area contributed by atoms with E-state index < -0.39 is 0 Å². The molecule has 1 heterocycles. The van der Waals surface area contributed by atoms with Crippen molar-refractivity contribution in [2.45, 2.75) is 57.9 Å². The Labute approximate surface area is 97.2 Å². The van der Waals surface area contributed by atoms with Crippen LogP contribution in [0.4, 0.5) is 0 Å². The van der Waals surface area contributed by atoms with E-state index in [1.165, 1.54) is 37.8 Å². The van der Waals surface area contributed by atoms with Gasteiger partial charge in [0.1, 0.15) is 0 Å². The molecular weight excluding hydrogens is 200 g/mol. The summed E-state index contributed by atoms with van der Waals surface area (Å²) in [5.41, 5.74) is 8.14. The maximum Gasteiger partial charge on any atom is 0.0874 e. The zero-order chi connectivity index (χ0) is 11.4. The lowest BCUT2D eigenvalue weighted by Crippen LogP contribution is -2.18. The van der Waals surface area contributed by atoms with Gasteiger partial charge < -0.3 is 5.73 Å². The van der Waals surface area contributed by atoms with E-state index in [2.05, 4.69) is 21.9 Å². The Bertz CT molecular complexity index is 328. The van der Waals surface area contributed by atoms with Crippen LogP contribution in [0.2, 0.25) is 0 Å². The monoisotopic (exact) mass is 222 g/mol. The largest absolute Gasteiger partial charge is 0.330 e. The predicted octanol–water partition coefficient (Wildman–Crippen LogP) is 1.85.